The molecule has 2 aromatic heterocycles. The minimum absolute atomic E-state index is 0.0348. The van der Waals surface area contributed by atoms with Gasteiger partial charge in [0.2, 0.25) is 5.91 Å². The molecule has 0 atom stereocenters. The van der Waals surface area contributed by atoms with Crippen molar-refractivity contribution in [1.29, 1.82) is 0 Å². The summed E-state index contributed by atoms with van der Waals surface area (Å²) in [5.41, 5.74) is 7.16. The molecule has 1 saturated carbocycles. The van der Waals surface area contributed by atoms with Gasteiger partial charge in [0.25, 0.3) is 5.91 Å². The van der Waals surface area contributed by atoms with Crippen LogP contribution in [0.4, 0.5) is 0 Å². The lowest BCUT2D eigenvalue weighted by atomic mass is 10.2. The Morgan fingerprint density at radius 1 is 1.33 bits per heavy atom. The highest BCUT2D eigenvalue weighted by Gasteiger charge is 2.30. The Bertz CT molecular complexity index is 751. The third kappa shape index (κ3) is 3.76. The minimum Gasteiger partial charge on any atom is -0.361 e. The highest BCUT2D eigenvalue weighted by molar-refractivity contribution is 7.98. The Balaban J connectivity index is 1.65. The molecule has 0 saturated heterocycles. The number of hydrazine groups is 1. The Morgan fingerprint density at radius 3 is 2.79 bits per heavy atom. The first-order valence-corrected chi connectivity index (χ1v) is 8.64. The van der Waals surface area contributed by atoms with Gasteiger partial charge in [-0.15, -0.1) is 11.8 Å². The molecular weight excluding hydrogens is 328 g/mol. The fourth-order valence-electron chi connectivity index (χ4n) is 2.16. The largest absolute Gasteiger partial charge is 0.361 e. The van der Waals surface area contributed by atoms with Gasteiger partial charge in [-0.05, 0) is 38.8 Å². The lowest BCUT2D eigenvalue weighted by Gasteiger charge is -2.09. The van der Waals surface area contributed by atoms with Crippen LogP contribution in [0.2, 0.25) is 0 Å². The van der Waals surface area contributed by atoms with Crippen LogP contribution < -0.4 is 10.9 Å². The zero-order chi connectivity index (χ0) is 17.1. The van der Waals surface area contributed by atoms with E-state index in [-0.39, 0.29) is 17.7 Å². The molecule has 126 valence electrons. The Hall–Kier alpha value is -2.35. The SMILES string of the molecule is Cc1noc(C)c1CSc1ncccc1C(=O)NNC(=O)C1CC1. The second kappa shape index (κ2) is 7.04. The van der Waals surface area contributed by atoms with Crippen molar-refractivity contribution in [3.05, 3.63) is 40.9 Å². The lowest BCUT2D eigenvalue weighted by Crippen LogP contribution is -2.42. The Morgan fingerprint density at radius 2 is 2.12 bits per heavy atom. The number of hydrogen-bond acceptors (Lipinski definition) is 6. The first-order chi connectivity index (χ1) is 11.6. The molecule has 8 heteroatoms. The van der Waals surface area contributed by atoms with Gasteiger partial charge in [0.15, 0.2) is 0 Å². The van der Waals surface area contributed by atoms with Crippen molar-refractivity contribution in [3.8, 4) is 0 Å². The minimum atomic E-state index is -0.377. The predicted molar refractivity (Wildman–Crippen MR) is 88.1 cm³/mol. The van der Waals surface area contributed by atoms with Gasteiger partial charge in [-0.1, -0.05) is 5.16 Å². The highest BCUT2D eigenvalue weighted by Crippen LogP contribution is 2.29. The smallest absolute Gasteiger partial charge is 0.272 e. The van der Waals surface area contributed by atoms with Gasteiger partial charge in [0.05, 0.1) is 11.3 Å². The molecule has 0 spiro atoms. The number of aryl methyl sites for hydroxylation is 2. The van der Waals surface area contributed by atoms with E-state index in [0.717, 1.165) is 29.9 Å². The molecule has 1 aliphatic rings. The number of pyridine rings is 1. The molecule has 2 amide bonds. The number of carbonyl (C=O) groups is 2. The second-order valence-electron chi connectivity index (χ2n) is 5.67. The Labute approximate surface area is 143 Å². The van der Waals surface area contributed by atoms with Crippen molar-refractivity contribution >= 4 is 23.6 Å². The summed E-state index contributed by atoms with van der Waals surface area (Å²) in [6.45, 7) is 3.74. The average molecular weight is 346 g/mol. The summed E-state index contributed by atoms with van der Waals surface area (Å²) < 4.78 is 5.14. The molecule has 0 unspecified atom stereocenters. The highest BCUT2D eigenvalue weighted by atomic mass is 32.2. The predicted octanol–water partition coefficient (Wildman–Crippen LogP) is 2.15. The number of hydrogen-bond donors (Lipinski definition) is 2. The van der Waals surface area contributed by atoms with Crippen molar-refractivity contribution in [2.45, 2.75) is 37.5 Å². The van der Waals surface area contributed by atoms with Crippen LogP contribution in [0.15, 0.2) is 27.9 Å². The Kier molecular flexibility index (Phi) is 4.84. The second-order valence-corrected chi connectivity index (χ2v) is 6.63. The average Bonchev–Trinajstić information content (AvgIpc) is 3.38. The molecule has 1 fully saturated rings. The molecule has 0 aromatic carbocycles. The number of nitrogens with one attached hydrogen (secondary N) is 2. The zero-order valence-corrected chi connectivity index (χ0v) is 14.3. The molecule has 1 aliphatic carbocycles. The van der Waals surface area contributed by atoms with Gasteiger partial charge < -0.3 is 4.52 Å². The van der Waals surface area contributed by atoms with Crippen LogP contribution in [0.1, 0.15) is 40.2 Å². The maximum atomic E-state index is 12.3. The lowest BCUT2D eigenvalue weighted by molar-refractivity contribution is -0.123. The van der Waals surface area contributed by atoms with Gasteiger partial charge in [0.1, 0.15) is 10.8 Å². The number of thioether (sulfide) groups is 1. The van der Waals surface area contributed by atoms with E-state index >= 15 is 0 Å². The summed E-state index contributed by atoms with van der Waals surface area (Å²) in [6, 6.07) is 3.37. The van der Waals surface area contributed by atoms with Crippen molar-refractivity contribution in [2.75, 3.05) is 0 Å². The van der Waals surface area contributed by atoms with Crippen LogP contribution in [0.3, 0.4) is 0 Å². The molecule has 0 bridgehead atoms. The quantitative estimate of drug-likeness (QED) is 0.636. The molecule has 7 nitrogen and oxygen atoms in total. The van der Waals surface area contributed by atoms with Crippen molar-refractivity contribution in [1.82, 2.24) is 21.0 Å². The summed E-state index contributed by atoms with van der Waals surface area (Å²) in [7, 11) is 0. The first-order valence-electron chi connectivity index (χ1n) is 7.66. The molecule has 24 heavy (non-hydrogen) atoms. The van der Waals surface area contributed by atoms with Gasteiger partial charge in [-0.25, -0.2) is 4.98 Å². The number of aromatic nitrogens is 2. The maximum Gasteiger partial charge on any atom is 0.272 e. The molecule has 2 N–H and O–H groups in total. The summed E-state index contributed by atoms with van der Waals surface area (Å²) in [5, 5.41) is 4.51. The van der Waals surface area contributed by atoms with E-state index in [0.29, 0.717) is 16.3 Å². The fourth-order valence-corrected chi connectivity index (χ4v) is 3.31. The third-order valence-electron chi connectivity index (χ3n) is 3.80. The van der Waals surface area contributed by atoms with Crippen molar-refractivity contribution < 1.29 is 14.1 Å². The van der Waals surface area contributed by atoms with E-state index in [9.17, 15) is 9.59 Å². The van der Waals surface area contributed by atoms with E-state index in [1.165, 1.54) is 11.8 Å². The van der Waals surface area contributed by atoms with Gasteiger partial charge >= 0.3 is 0 Å². The van der Waals surface area contributed by atoms with Crippen LogP contribution >= 0.6 is 11.8 Å². The van der Waals surface area contributed by atoms with E-state index < -0.39 is 0 Å². The molecule has 0 aliphatic heterocycles. The normalized spacial score (nSPS) is 13.6. The number of carbonyl (C=O) groups excluding carboxylic acids is 2. The number of rotatable bonds is 5. The van der Waals surface area contributed by atoms with Crippen LogP contribution in [-0.2, 0) is 10.5 Å². The van der Waals surface area contributed by atoms with Crippen molar-refractivity contribution in [2.24, 2.45) is 5.92 Å². The van der Waals surface area contributed by atoms with Crippen LogP contribution in [0.25, 0.3) is 0 Å². The van der Waals surface area contributed by atoms with E-state index in [4.69, 9.17) is 4.52 Å². The van der Waals surface area contributed by atoms with Crippen molar-refractivity contribution in [3.63, 3.8) is 0 Å². The number of nitrogens with zero attached hydrogens (tertiary/aromatic N) is 2. The molecular formula is C16H18N4O3S. The molecule has 0 radical (unpaired) electrons. The van der Waals surface area contributed by atoms with Gasteiger partial charge in [-0.2, -0.15) is 0 Å². The number of amides is 2. The molecule has 2 heterocycles. The first kappa shape index (κ1) is 16.5. The van der Waals surface area contributed by atoms with Crippen LogP contribution in [-0.4, -0.2) is 22.0 Å². The zero-order valence-electron chi connectivity index (χ0n) is 13.5. The van der Waals surface area contributed by atoms with Gasteiger partial charge in [0, 0.05) is 23.4 Å². The van der Waals surface area contributed by atoms with E-state index in [2.05, 4.69) is 21.0 Å². The van der Waals surface area contributed by atoms with Crippen LogP contribution in [0, 0.1) is 19.8 Å². The van der Waals surface area contributed by atoms with E-state index in [1.807, 2.05) is 13.8 Å². The third-order valence-corrected chi connectivity index (χ3v) is 4.83. The summed E-state index contributed by atoms with van der Waals surface area (Å²) in [6.07, 6.45) is 3.40. The fraction of sp³-hybridized carbons (Fsp3) is 0.375. The topological polar surface area (TPSA) is 97.1 Å². The van der Waals surface area contributed by atoms with Crippen LogP contribution in [0.5, 0.6) is 0 Å². The summed E-state index contributed by atoms with van der Waals surface area (Å²) >= 11 is 1.43. The monoisotopic (exact) mass is 346 g/mol. The standard InChI is InChI=1S/C16H18N4O3S/c1-9-13(10(2)23-20-9)8-24-16-12(4-3-7-17-16)15(22)19-18-14(21)11-5-6-11/h3-4,7,11H,5-6,8H2,1-2H3,(H,18,21)(H,19,22). The summed E-state index contributed by atoms with van der Waals surface area (Å²) in [5.74, 6) is 0.883. The van der Waals surface area contributed by atoms with Gasteiger partial charge in [-0.3, -0.25) is 20.4 Å². The summed E-state index contributed by atoms with van der Waals surface area (Å²) in [4.78, 5) is 28.2. The molecule has 2 aromatic rings. The molecule has 3 rings (SSSR count). The maximum absolute atomic E-state index is 12.3. The van der Waals surface area contributed by atoms with E-state index in [1.54, 1.807) is 18.3 Å².